The SMILES string of the molecule is CCCC(=O)NCCC(C)(CC)OCCC(C)(CC)OCCC(C)=O. The number of ether oxygens (including phenoxy) is 2. The summed E-state index contributed by atoms with van der Waals surface area (Å²) >= 11 is 0. The van der Waals surface area contributed by atoms with Crippen LogP contribution in [0.1, 0.15) is 86.5 Å². The van der Waals surface area contributed by atoms with Crippen molar-refractivity contribution in [1.29, 1.82) is 0 Å². The van der Waals surface area contributed by atoms with E-state index >= 15 is 0 Å². The maximum absolute atomic E-state index is 11.6. The van der Waals surface area contributed by atoms with Crippen LogP contribution in [0.25, 0.3) is 0 Å². The first kappa shape index (κ1) is 24.1. The number of nitrogens with one attached hydrogen (secondary N) is 1. The van der Waals surface area contributed by atoms with Gasteiger partial charge in [-0.05, 0) is 52.9 Å². The molecule has 148 valence electrons. The van der Waals surface area contributed by atoms with Gasteiger partial charge in [0.2, 0.25) is 5.91 Å². The van der Waals surface area contributed by atoms with Gasteiger partial charge in [-0.15, -0.1) is 0 Å². The summed E-state index contributed by atoms with van der Waals surface area (Å²) in [5.41, 5.74) is -0.507. The van der Waals surface area contributed by atoms with Crippen LogP contribution < -0.4 is 5.32 Å². The van der Waals surface area contributed by atoms with E-state index in [1.54, 1.807) is 6.92 Å². The molecular formula is C20H39NO4. The van der Waals surface area contributed by atoms with Crippen LogP contribution in [-0.4, -0.2) is 42.7 Å². The van der Waals surface area contributed by atoms with Crippen LogP contribution in [0.4, 0.5) is 0 Å². The van der Waals surface area contributed by atoms with E-state index < -0.39 is 0 Å². The second-order valence-electron chi connectivity index (χ2n) is 7.36. The lowest BCUT2D eigenvalue weighted by Gasteiger charge is -2.33. The van der Waals surface area contributed by atoms with E-state index in [0.29, 0.717) is 32.6 Å². The maximum Gasteiger partial charge on any atom is 0.219 e. The van der Waals surface area contributed by atoms with Gasteiger partial charge in [0.25, 0.3) is 0 Å². The lowest BCUT2D eigenvalue weighted by Crippen LogP contribution is -2.37. The number of carbonyl (C=O) groups is 2. The number of hydrogen-bond acceptors (Lipinski definition) is 4. The third-order valence-corrected chi connectivity index (χ3v) is 4.93. The number of Topliss-reactive ketones (excluding diaryl/α,β-unsaturated/α-hetero) is 1. The van der Waals surface area contributed by atoms with Crippen molar-refractivity contribution in [3.63, 3.8) is 0 Å². The highest BCUT2D eigenvalue weighted by Gasteiger charge is 2.27. The normalized spacial score (nSPS) is 16.1. The molecule has 0 rings (SSSR count). The van der Waals surface area contributed by atoms with Gasteiger partial charge in [0.1, 0.15) is 5.78 Å². The van der Waals surface area contributed by atoms with E-state index in [9.17, 15) is 9.59 Å². The fourth-order valence-corrected chi connectivity index (χ4v) is 2.44. The molecule has 5 heteroatoms. The van der Waals surface area contributed by atoms with Crippen LogP contribution >= 0.6 is 0 Å². The van der Waals surface area contributed by atoms with Crippen molar-refractivity contribution in [2.75, 3.05) is 19.8 Å². The summed E-state index contributed by atoms with van der Waals surface area (Å²) in [4.78, 5) is 22.6. The Kier molecular flexibility index (Phi) is 12.0. The fourth-order valence-electron chi connectivity index (χ4n) is 2.44. The lowest BCUT2D eigenvalue weighted by atomic mass is 9.97. The summed E-state index contributed by atoms with van der Waals surface area (Å²) in [5.74, 6) is 0.261. The maximum atomic E-state index is 11.6. The molecule has 0 saturated carbocycles. The highest BCUT2D eigenvalue weighted by atomic mass is 16.5. The van der Waals surface area contributed by atoms with E-state index in [1.165, 1.54) is 0 Å². The van der Waals surface area contributed by atoms with Crippen molar-refractivity contribution in [2.45, 2.75) is 97.7 Å². The Balaban J connectivity index is 4.27. The number of carbonyl (C=O) groups excluding carboxylic acids is 2. The molecule has 25 heavy (non-hydrogen) atoms. The Morgan fingerprint density at radius 2 is 1.44 bits per heavy atom. The van der Waals surface area contributed by atoms with Gasteiger partial charge in [-0.2, -0.15) is 0 Å². The zero-order valence-electron chi connectivity index (χ0n) is 17.2. The minimum atomic E-state index is -0.264. The average molecular weight is 358 g/mol. The monoisotopic (exact) mass is 357 g/mol. The van der Waals surface area contributed by atoms with E-state index in [0.717, 1.165) is 32.1 Å². The second kappa shape index (κ2) is 12.4. The molecule has 0 heterocycles. The van der Waals surface area contributed by atoms with E-state index in [1.807, 2.05) is 6.92 Å². The molecule has 2 atom stereocenters. The third-order valence-electron chi connectivity index (χ3n) is 4.93. The Bertz CT molecular complexity index is 399. The average Bonchev–Trinajstić information content (AvgIpc) is 2.54. The molecule has 0 aliphatic rings. The van der Waals surface area contributed by atoms with Gasteiger partial charge < -0.3 is 14.8 Å². The van der Waals surface area contributed by atoms with Gasteiger partial charge in [-0.1, -0.05) is 20.8 Å². The summed E-state index contributed by atoms with van der Waals surface area (Å²) in [6.07, 6.45) is 5.27. The smallest absolute Gasteiger partial charge is 0.219 e. The zero-order valence-corrected chi connectivity index (χ0v) is 17.2. The van der Waals surface area contributed by atoms with Gasteiger partial charge in [-0.25, -0.2) is 0 Å². The second-order valence-corrected chi connectivity index (χ2v) is 7.36. The van der Waals surface area contributed by atoms with E-state index in [2.05, 4.69) is 33.0 Å². The summed E-state index contributed by atoms with van der Waals surface area (Å²) in [5, 5.41) is 2.95. The van der Waals surface area contributed by atoms with E-state index in [-0.39, 0.29) is 22.9 Å². The quantitative estimate of drug-likeness (QED) is 0.480. The first-order valence-electron chi connectivity index (χ1n) is 9.74. The van der Waals surface area contributed by atoms with Crippen molar-refractivity contribution >= 4 is 11.7 Å². The topological polar surface area (TPSA) is 64.6 Å². The lowest BCUT2D eigenvalue weighted by molar-refractivity contribution is -0.121. The van der Waals surface area contributed by atoms with Crippen molar-refractivity contribution in [1.82, 2.24) is 5.32 Å². The van der Waals surface area contributed by atoms with Gasteiger partial charge in [0, 0.05) is 19.4 Å². The number of ketones is 1. The predicted octanol–water partition coefficient (Wildman–Crippen LogP) is 4.03. The van der Waals surface area contributed by atoms with Crippen LogP contribution in [0.5, 0.6) is 0 Å². The first-order valence-corrected chi connectivity index (χ1v) is 9.74. The van der Waals surface area contributed by atoms with E-state index in [4.69, 9.17) is 9.47 Å². The summed E-state index contributed by atoms with van der Waals surface area (Å²) in [6, 6.07) is 0. The molecule has 2 unspecified atom stereocenters. The molecule has 0 saturated heterocycles. The van der Waals surface area contributed by atoms with Crippen molar-refractivity contribution < 1.29 is 19.1 Å². The van der Waals surface area contributed by atoms with Gasteiger partial charge in [0.15, 0.2) is 0 Å². The molecule has 0 spiro atoms. The van der Waals surface area contributed by atoms with Crippen LogP contribution in [0.15, 0.2) is 0 Å². The molecule has 0 bridgehead atoms. The molecule has 1 N–H and O–H groups in total. The number of hydrogen-bond donors (Lipinski definition) is 1. The standard InChI is InChI=1S/C20H39NO4/c1-7-10-18(23)21-14-12-19(5,8-2)25-16-13-20(6,9-3)24-15-11-17(4)22/h7-16H2,1-6H3,(H,21,23). The molecule has 5 nitrogen and oxygen atoms in total. The largest absolute Gasteiger partial charge is 0.375 e. The summed E-state index contributed by atoms with van der Waals surface area (Å²) in [7, 11) is 0. The Morgan fingerprint density at radius 1 is 0.880 bits per heavy atom. The first-order chi connectivity index (χ1) is 11.7. The summed E-state index contributed by atoms with van der Waals surface area (Å²) < 4.78 is 12.1. The van der Waals surface area contributed by atoms with Crippen LogP contribution in [0.3, 0.4) is 0 Å². The third kappa shape index (κ3) is 11.3. The fraction of sp³-hybridized carbons (Fsp3) is 0.900. The van der Waals surface area contributed by atoms with Gasteiger partial charge in [-0.3, -0.25) is 9.59 Å². The molecule has 0 aliphatic heterocycles. The number of amides is 1. The molecule has 0 aliphatic carbocycles. The minimum absolute atomic E-state index is 0.110. The van der Waals surface area contributed by atoms with Crippen LogP contribution in [0, 0.1) is 0 Å². The molecular weight excluding hydrogens is 318 g/mol. The molecule has 0 aromatic carbocycles. The van der Waals surface area contributed by atoms with Crippen molar-refractivity contribution in [3.05, 3.63) is 0 Å². The Morgan fingerprint density at radius 3 is 1.96 bits per heavy atom. The highest BCUT2D eigenvalue weighted by Crippen LogP contribution is 2.24. The van der Waals surface area contributed by atoms with Crippen LogP contribution in [0.2, 0.25) is 0 Å². The van der Waals surface area contributed by atoms with Crippen molar-refractivity contribution in [2.24, 2.45) is 0 Å². The molecule has 0 radical (unpaired) electrons. The molecule has 0 fully saturated rings. The summed E-state index contributed by atoms with van der Waals surface area (Å²) in [6.45, 7) is 13.7. The molecule has 0 aromatic heterocycles. The van der Waals surface area contributed by atoms with Crippen molar-refractivity contribution in [3.8, 4) is 0 Å². The zero-order chi connectivity index (χ0) is 19.3. The molecule has 1 amide bonds. The number of rotatable bonds is 15. The molecule has 0 aromatic rings. The van der Waals surface area contributed by atoms with Gasteiger partial charge >= 0.3 is 0 Å². The Hall–Kier alpha value is -0.940. The van der Waals surface area contributed by atoms with Gasteiger partial charge in [0.05, 0.1) is 24.4 Å². The minimum Gasteiger partial charge on any atom is -0.375 e. The highest BCUT2D eigenvalue weighted by molar-refractivity contribution is 5.75. The van der Waals surface area contributed by atoms with Crippen LogP contribution in [-0.2, 0) is 19.1 Å². The Labute approximate surface area is 154 Å². The predicted molar refractivity (Wildman–Crippen MR) is 102 cm³/mol.